The Hall–Kier alpha value is -1.89. The minimum absolute atomic E-state index is 0.409. The van der Waals surface area contributed by atoms with Crippen molar-refractivity contribution in [2.45, 2.75) is 26.3 Å². The van der Waals surface area contributed by atoms with E-state index in [0.29, 0.717) is 4.88 Å². The van der Waals surface area contributed by atoms with Gasteiger partial charge in [0.2, 0.25) is 0 Å². The first-order chi connectivity index (χ1) is 8.78. The van der Waals surface area contributed by atoms with E-state index in [-0.39, 0.29) is 0 Å². The lowest BCUT2D eigenvalue weighted by Crippen LogP contribution is -2.49. The van der Waals surface area contributed by atoms with Crippen molar-refractivity contribution in [3.63, 3.8) is 0 Å². The van der Waals surface area contributed by atoms with Gasteiger partial charge in [-0.2, -0.15) is 0 Å². The number of carbonyl (C=O) groups excluding carboxylic acids is 3. The summed E-state index contributed by atoms with van der Waals surface area (Å²) < 4.78 is 4.76. The Morgan fingerprint density at radius 3 is 2.53 bits per heavy atom. The minimum Gasteiger partial charge on any atom is -0.451 e. The van der Waals surface area contributed by atoms with Crippen LogP contribution in [0.3, 0.4) is 0 Å². The molecule has 0 aliphatic heterocycles. The van der Waals surface area contributed by atoms with E-state index < -0.39 is 30.1 Å². The fourth-order valence-electron chi connectivity index (χ4n) is 1.13. The van der Waals surface area contributed by atoms with Crippen LogP contribution >= 0.6 is 11.3 Å². The lowest BCUT2D eigenvalue weighted by molar-refractivity contribution is -0.123. The molecule has 0 aliphatic rings. The van der Waals surface area contributed by atoms with E-state index >= 15 is 0 Å². The SMILES string of the molecule is CC(C)(C)NC(=O)NC(=O)COC(=O)c1cccs1. The van der Waals surface area contributed by atoms with Crippen molar-refractivity contribution in [2.75, 3.05) is 6.61 Å². The number of urea groups is 1. The average Bonchev–Trinajstić information content (AvgIpc) is 2.76. The molecule has 0 saturated carbocycles. The zero-order valence-corrected chi connectivity index (χ0v) is 11.8. The first-order valence-corrected chi connectivity index (χ1v) is 6.48. The zero-order valence-electron chi connectivity index (χ0n) is 11.0. The smallest absolute Gasteiger partial charge is 0.348 e. The van der Waals surface area contributed by atoms with Gasteiger partial charge in [0.15, 0.2) is 6.61 Å². The Morgan fingerprint density at radius 2 is 2.00 bits per heavy atom. The Morgan fingerprint density at radius 1 is 1.32 bits per heavy atom. The summed E-state index contributed by atoms with van der Waals surface area (Å²) in [4.78, 5) is 34.6. The maximum atomic E-state index is 11.4. The van der Waals surface area contributed by atoms with Crippen molar-refractivity contribution in [1.82, 2.24) is 10.6 Å². The fourth-order valence-corrected chi connectivity index (χ4v) is 1.75. The third kappa shape index (κ3) is 6.01. The summed E-state index contributed by atoms with van der Waals surface area (Å²) in [6, 6.07) is 2.68. The second-order valence-corrected chi connectivity index (χ2v) is 5.75. The molecule has 0 radical (unpaired) electrons. The molecule has 0 aliphatic carbocycles. The van der Waals surface area contributed by atoms with Crippen LogP contribution in [0.5, 0.6) is 0 Å². The number of esters is 1. The van der Waals surface area contributed by atoms with Gasteiger partial charge < -0.3 is 10.1 Å². The predicted molar refractivity (Wildman–Crippen MR) is 71.0 cm³/mol. The van der Waals surface area contributed by atoms with Crippen LogP contribution in [-0.2, 0) is 9.53 Å². The molecule has 1 aromatic heterocycles. The summed E-state index contributed by atoms with van der Waals surface area (Å²) in [5.74, 6) is -1.26. The van der Waals surface area contributed by atoms with Crippen LogP contribution < -0.4 is 10.6 Å². The standard InChI is InChI=1S/C12H16N2O4S/c1-12(2,3)14-11(17)13-9(15)7-18-10(16)8-5-4-6-19-8/h4-6H,7H2,1-3H3,(H2,13,14,15,17). The minimum atomic E-state index is -0.674. The number of thiophene rings is 1. The number of carbonyl (C=O) groups is 3. The third-order valence-corrected chi connectivity index (χ3v) is 2.65. The predicted octanol–water partition coefficient (Wildman–Crippen LogP) is 1.53. The molecule has 1 heterocycles. The number of rotatable bonds is 3. The third-order valence-electron chi connectivity index (χ3n) is 1.80. The van der Waals surface area contributed by atoms with E-state index in [4.69, 9.17) is 4.74 Å². The van der Waals surface area contributed by atoms with Gasteiger partial charge in [-0.05, 0) is 32.2 Å². The molecule has 19 heavy (non-hydrogen) atoms. The van der Waals surface area contributed by atoms with Crippen molar-refractivity contribution in [1.29, 1.82) is 0 Å². The number of hydrogen-bond acceptors (Lipinski definition) is 5. The van der Waals surface area contributed by atoms with Gasteiger partial charge in [0.25, 0.3) is 5.91 Å². The molecule has 0 atom stereocenters. The lowest BCUT2D eigenvalue weighted by atomic mass is 10.1. The maximum absolute atomic E-state index is 11.4. The Balaban J connectivity index is 2.32. The van der Waals surface area contributed by atoms with Crippen LogP contribution in [0.15, 0.2) is 17.5 Å². The highest BCUT2D eigenvalue weighted by Gasteiger charge is 2.17. The lowest BCUT2D eigenvalue weighted by Gasteiger charge is -2.20. The van der Waals surface area contributed by atoms with E-state index in [1.807, 2.05) is 0 Å². The van der Waals surface area contributed by atoms with Crippen molar-refractivity contribution < 1.29 is 19.1 Å². The summed E-state index contributed by atoms with van der Waals surface area (Å²) in [6.45, 7) is 4.86. The average molecular weight is 284 g/mol. The molecule has 0 unspecified atom stereocenters. The normalized spacial score (nSPS) is 10.7. The topological polar surface area (TPSA) is 84.5 Å². The van der Waals surface area contributed by atoms with E-state index in [1.54, 1.807) is 38.3 Å². The van der Waals surface area contributed by atoms with Crippen molar-refractivity contribution in [3.05, 3.63) is 22.4 Å². The van der Waals surface area contributed by atoms with Crippen molar-refractivity contribution in [2.24, 2.45) is 0 Å². The molecule has 0 spiro atoms. The fraction of sp³-hybridized carbons (Fsp3) is 0.417. The van der Waals surface area contributed by atoms with Gasteiger partial charge in [0.05, 0.1) is 0 Å². The second kappa shape index (κ2) is 6.33. The van der Waals surface area contributed by atoms with Crippen LogP contribution in [-0.4, -0.2) is 30.1 Å². The summed E-state index contributed by atoms with van der Waals surface area (Å²) in [5, 5.41) is 6.36. The van der Waals surface area contributed by atoms with Gasteiger partial charge in [-0.1, -0.05) is 6.07 Å². The van der Waals surface area contributed by atoms with Crippen LogP contribution in [0, 0.1) is 0 Å². The van der Waals surface area contributed by atoms with Gasteiger partial charge in [-0.3, -0.25) is 10.1 Å². The molecule has 0 aromatic carbocycles. The Labute approximate surface area is 115 Å². The van der Waals surface area contributed by atoms with Crippen molar-refractivity contribution in [3.8, 4) is 0 Å². The highest BCUT2D eigenvalue weighted by Crippen LogP contribution is 2.09. The van der Waals surface area contributed by atoms with Gasteiger partial charge >= 0.3 is 12.0 Å². The monoisotopic (exact) mass is 284 g/mol. The maximum Gasteiger partial charge on any atom is 0.348 e. The number of hydrogen-bond donors (Lipinski definition) is 2. The Bertz CT molecular complexity index is 463. The summed E-state index contributed by atoms with van der Waals surface area (Å²) in [6.07, 6.45) is 0. The van der Waals surface area contributed by atoms with Gasteiger partial charge in [0, 0.05) is 5.54 Å². The number of ether oxygens (including phenoxy) is 1. The molecule has 2 N–H and O–H groups in total. The van der Waals surface area contributed by atoms with Crippen molar-refractivity contribution >= 4 is 29.2 Å². The molecule has 0 fully saturated rings. The van der Waals surface area contributed by atoms with E-state index in [0.717, 1.165) is 0 Å². The molecule has 1 aromatic rings. The molecule has 7 heteroatoms. The Kier molecular flexibility index (Phi) is 5.05. The molecule has 1 rings (SSSR count). The first kappa shape index (κ1) is 15.2. The highest BCUT2D eigenvalue weighted by molar-refractivity contribution is 7.11. The second-order valence-electron chi connectivity index (χ2n) is 4.81. The van der Waals surface area contributed by atoms with Crippen LogP contribution in [0.1, 0.15) is 30.4 Å². The molecular formula is C12H16N2O4S. The highest BCUT2D eigenvalue weighted by atomic mass is 32.1. The summed E-state index contributed by atoms with van der Waals surface area (Å²) >= 11 is 1.22. The molecule has 104 valence electrons. The van der Waals surface area contributed by atoms with E-state index in [9.17, 15) is 14.4 Å². The number of imide groups is 1. The van der Waals surface area contributed by atoms with Gasteiger partial charge in [-0.25, -0.2) is 9.59 Å². The molecule has 0 bridgehead atoms. The van der Waals surface area contributed by atoms with Gasteiger partial charge in [0.1, 0.15) is 4.88 Å². The summed E-state index contributed by atoms with van der Waals surface area (Å²) in [5.41, 5.74) is -0.446. The largest absolute Gasteiger partial charge is 0.451 e. The van der Waals surface area contributed by atoms with Crippen LogP contribution in [0.2, 0.25) is 0 Å². The van der Waals surface area contributed by atoms with E-state index in [1.165, 1.54) is 11.3 Å². The zero-order chi connectivity index (χ0) is 14.5. The first-order valence-electron chi connectivity index (χ1n) is 5.60. The molecule has 0 saturated heterocycles. The quantitative estimate of drug-likeness (QED) is 0.824. The summed E-state index contributed by atoms with van der Waals surface area (Å²) in [7, 11) is 0. The molecule has 3 amide bonds. The molecule has 6 nitrogen and oxygen atoms in total. The van der Waals surface area contributed by atoms with Crippen LogP contribution in [0.4, 0.5) is 4.79 Å². The molecular weight excluding hydrogens is 268 g/mol. The van der Waals surface area contributed by atoms with Gasteiger partial charge in [-0.15, -0.1) is 11.3 Å². The number of nitrogens with one attached hydrogen (secondary N) is 2. The van der Waals surface area contributed by atoms with E-state index in [2.05, 4.69) is 10.6 Å². The van der Waals surface area contributed by atoms with Crippen LogP contribution in [0.25, 0.3) is 0 Å². The number of amides is 3.